The molecule has 2 rings (SSSR count). The van der Waals surface area contributed by atoms with Crippen molar-refractivity contribution in [3.8, 4) is 0 Å². The molecule has 1 N–H and O–H groups in total. The van der Waals surface area contributed by atoms with Gasteiger partial charge in [0.1, 0.15) is 0 Å². The number of rotatable bonds is 5. The van der Waals surface area contributed by atoms with Gasteiger partial charge in [-0.1, -0.05) is 0 Å². The first-order valence-electron chi connectivity index (χ1n) is 5.83. The fraction of sp³-hybridized carbons (Fsp3) is 1.00. The summed E-state index contributed by atoms with van der Waals surface area (Å²) < 4.78 is 10.6. The van der Waals surface area contributed by atoms with Crippen LogP contribution in [0, 0.1) is 5.41 Å². The second-order valence-corrected chi connectivity index (χ2v) is 4.66. The van der Waals surface area contributed by atoms with Gasteiger partial charge in [-0.2, -0.15) is 0 Å². The highest BCUT2D eigenvalue weighted by Gasteiger charge is 2.43. The van der Waals surface area contributed by atoms with Gasteiger partial charge >= 0.3 is 0 Å². The van der Waals surface area contributed by atoms with E-state index in [1.54, 1.807) is 0 Å². The Morgan fingerprint density at radius 1 is 1.20 bits per heavy atom. The Morgan fingerprint density at radius 2 is 1.93 bits per heavy atom. The van der Waals surface area contributed by atoms with E-state index >= 15 is 0 Å². The summed E-state index contributed by atoms with van der Waals surface area (Å²) in [5, 5.41) is 8.55. The molecule has 88 valence electrons. The van der Waals surface area contributed by atoms with E-state index in [1.807, 2.05) is 0 Å². The molecule has 2 fully saturated rings. The highest BCUT2D eigenvalue weighted by Crippen LogP contribution is 2.39. The van der Waals surface area contributed by atoms with Gasteiger partial charge in [0.2, 0.25) is 0 Å². The van der Waals surface area contributed by atoms with Gasteiger partial charge in [0.05, 0.1) is 19.8 Å². The maximum absolute atomic E-state index is 8.55. The van der Waals surface area contributed by atoms with E-state index < -0.39 is 0 Å². The van der Waals surface area contributed by atoms with E-state index in [0.29, 0.717) is 12.0 Å². The van der Waals surface area contributed by atoms with Crippen LogP contribution in [0.4, 0.5) is 0 Å². The third-order valence-corrected chi connectivity index (χ3v) is 3.46. The van der Waals surface area contributed by atoms with Gasteiger partial charge in [-0.25, -0.2) is 0 Å². The fourth-order valence-corrected chi connectivity index (χ4v) is 2.54. The lowest BCUT2D eigenvalue weighted by Crippen LogP contribution is -2.58. The van der Waals surface area contributed by atoms with Gasteiger partial charge in [0, 0.05) is 38.3 Å². The maximum atomic E-state index is 8.55. The second-order valence-electron chi connectivity index (χ2n) is 4.66. The van der Waals surface area contributed by atoms with Crippen LogP contribution < -0.4 is 0 Å². The average Bonchev–Trinajstić information content (AvgIpc) is 2.23. The van der Waals surface area contributed by atoms with Crippen LogP contribution in [0.5, 0.6) is 0 Å². The summed E-state index contributed by atoms with van der Waals surface area (Å²) in [7, 11) is 0. The van der Waals surface area contributed by atoms with Crippen LogP contribution >= 0.6 is 0 Å². The number of likely N-dealkylation sites (tertiary alicyclic amines) is 1. The number of hydrogen-bond acceptors (Lipinski definition) is 4. The molecule has 0 unspecified atom stereocenters. The lowest BCUT2D eigenvalue weighted by Gasteiger charge is -2.52. The molecular weight excluding hydrogens is 194 g/mol. The zero-order valence-electron chi connectivity index (χ0n) is 9.28. The van der Waals surface area contributed by atoms with E-state index in [1.165, 1.54) is 25.9 Å². The molecule has 0 aromatic carbocycles. The van der Waals surface area contributed by atoms with E-state index in [0.717, 1.165) is 26.4 Å². The van der Waals surface area contributed by atoms with Gasteiger partial charge in [0.15, 0.2) is 0 Å². The highest BCUT2D eigenvalue weighted by molar-refractivity contribution is 4.95. The van der Waals surface area contributed by atoms with Crippen LogP contribution in [0.15, 0.2) is 0 Å². The number of ether oxygens (including phenoxy) is 2. The predicted molar refractivity (Wildman–Crippen MR) is 56.8 cm³/mol. The maximum Gasteiger partial charge on any atom is 0.0698 e. The molecule has 0 aromatic rings. The van der Waals surface area contributed by atoms with Crippen LogP contribution in [-0.4, -0.2) is 62.7 Å². The molecule has 0 bridgehead atoms. The number of nitrogens with zero attached hydrogens (tertiary/aromatic N) is 1. The zero-order valence-corrected chi connectivity index (χ0v) is 9.28. The average molecular weight is 215 g/mol. The van der Waals surface area contributed by atoms with Gasteiger partial charge < -0.3 is 14.6 Å². The van der Waals surface area contributed by atoms with Crippen molar-refractivity contribution in [1.29, 1.82) is 0 Å². The Balaban J connectivity index is 1.56. The summed E-state index contributed by atoms with van der Waals surface area (Å²) in [6.45, 7) is 6.63. The largest absolute Gasteiger partial charge is 0.394 e. The SMILES string of the molecule is OCCOCCN1CC2(CCOCC2)C1. The van der Waals surface area contributed by atoms with Crippen LogP contribution in [-0.2, 0) is 9.47 Å². The molecule has 0 atom stereocenters. The van der Waals surface area contributed by atoms with Crippen LogP contribution in [0.25, 0.3) is 0 Å². The second kappa shape index (κ2) is 5.25. The quantitative estimate of drug-likeness (QED) is 0.661. The van der Waals surface area contributed by atoms with Crippen molar-refractivity contribution < 1.29 is 14.6 Å². The Morgan fingerprint density at radius 3 is 2.60 bits per heavy atom. The van der Waals surface area contributed by atoms with E-state index in [2.05, 4.69) is 4.90 Å². The first kappa shape index (κ1) is 11.3. The number of aliphatic hydroxyl groups excluding tert-OH is 1. The van der Waals surface area contributed by atoms with Crippen molar-refractivity contribution in [2.45, 2.75) is 12.8 Å². The van der Waals surface area contributed by atoms with E-state index in [-0.39, 0.29) is 6.61 Å². The van der Waals surface area contributed by atoms with Gasteiger partial charge in [0.25, 0.3) is 0 Å². The summed E-state index contributed by atoms with van der Waals surface area (Å²) in [5.41, 5.74) is 0.565. The molecule has 4 nitrogen and oxygen atoms in total. The minimum atomic E-state index is 0.126. The molecule has 2 heterocycles. The molecule has 0 saturated carbocycles. The Kier molecular flexibility index (Phi) is 3.97. The molecule has 15 heavy (non-hydrogen) atoms. The molecule has 0 radical (unpaired) electrons. The molecule has 2 aliphatic heterocycles. The molecular formula is C11H21NO3. The van der Waals surface area contributed by atoms with E-state index in [9.17, 15) is 0 Å². The van der Waals surface area contributed by atoms with Crippen molar-refractivity contribution in [2.75, 3.05) is 52.7 Å². The van der Waals surface area contributed by atoms with Crippen LogP contribution in [0.2, 0.25) is 0 Å². The van der Waals surface area contributed by atoms with Crippen LogP contribution in [0.1, 0.15) is 12.8 Å². The fourth-order valence-electron chi connectivity index (χ4n) is 2.54. The summed E-state index contributed by atoms with van der Waals surface area (Å²) in [6, 6.07) is 0. The van der Waals surface area contributed by atoms with Crippen molar-refractivity contribution in [1.82, 2.24) is 4.90 Å². The Labute approximate surface area is 91.2 Å². The lowest BCUT2D eigenvalue weighted by molar-refractivity contribution is -0.0873. The topological polar surface area (TPSA) is 41.9 Å². The number of hydrogen-bond donors (Lipinski definition) is 1. The summed E-state index contributed by atoms with van der Waals surface area (Å²) in [4.78, 5) is 2.43. The summed E-state index contributed by atoms with van der Waals surface area (Å²) >= 11 is 0. The normalized spacial score (nSPS) is 25.4. The molecule has 2 aliphatic rings. The zero-order chi connectivity index (χ0) is 10.6. The van der Waals surface area contributed by atoms with Gasteiger partial charge in [-0.3, -0.25) is 4.90 Å². The van der Waals surface area contributed by atoms with Crippen molar-refractivity contribution in [2.24, 2.45) is 5.41 Å². The monoisotopic (exact) mass is 215 g/mol. The minimum Gasteiger partial charge on any atom is -0.394 e. The number of aliphatic hydroxyl groups is 1. The van der Waals surface area contributed by atoms with Crippen molar-refractivity contribution in [3.63, 3.8) is 0 Å². The minimum absolute atomic E-state index is 0.126. The molecule has 4 heteroatoms. The molecule has 0 aliphatic carbocycles. The lowest BCUT2D eigenvalue weighted by atomic mass is 9.73. The third-order valence-electron chi connectivity index (χ3n) is 3.46. The van der Waals surface area contributed by atoms with Crippen LogP contribution in [0.3, 0.4) is 0 Å². The third kappa shape index (κ3) is 2.91. The van der Waals surface area contributed by atoms with Gasteiger partial charge in [-0.05, 0) is 12.8 Å². The van der Waals surface area contributed by atoms with Crippen molar-refractivity contribution in [3.05, 3.63) is 0 Å². The molecule has 0 amide bonds. The van der Waals surface area contributed by atoms with Crippen molar-refractivity contribution >= 4 is 0 Å². The smallest absolute Gasteiger partial charge is 0.0698 e. The summed E-state index contributed by atoms with van der Waals surface area (Å²) in [5.74, 6) is 0. The standard InChI is InChI=1S/C11H21NO3/c13-4-8-15-7-3-12-9-11(10-12)1-5-14-6-2-11/h13H,1-10H2. The van der Waals surface area contributed by atoms with E-state index in [4.69, 9.17) is 14.6 Å². The molecule has 1 spiro atoms. The Bertz CT molecular complexity index is 184. The first-order valence-corrected chi connectivity index (χ1v) is 5.83. The first-order chi connectivity index (χ1) is 7.35. The predicted octanol–water partition coefficient (Wildman–Crippen LogP) is 0.108. The molecule has 0 aromatic heterocycles. The highest BCUT2D eigenvalue weighted by atomic mass is 16.5. The van der Waals surface area contributed by atoms with Gasteiger partial charge in [-0.15, -0.1) is 0 Å². The Hall–Kier alpha value is -0.160. The summed E-state index contributed by atoms with van der Waals surface area (Å²) in [6.07, 6.45) is 2.45. The molecule has 2 saturated heterocycles.